The lowest BCUT2D eigenvalue weighted by atomic mass is 10.2. The number of carbonyl (C=O) groups is 1. The molecule has 0 bridgehead atoms. The van der Waals surface area contributed by atoms with Gasteiger partial charge < -0.3 is 15.4 Å². The molecule has 2 rings (SSSR count). The van der Waals surface area contributed by atoms with Crippen molar-refractivity contribution in [3.8, 4) is 5.75 Å². The summed E-state index contributed by atoms with van der Waals surface area (Å²) in [5.41, 5.74) is 1.16. The summed E-state index contributed by atoms with van der Waals surface area (Å²) in [4.78, 5) is 11.8. The number of anilines is 1. The molecule has 0 aliphatic rings. The molecule has 0 aromatic heterocycles. The van der Waals surface area contributed by atoms with Crippen molar-refractivity contribution in [3.05, 3.63) is 58.9 Å². The quantitative estimate of drug-likeness (QED) is 0.858. The SMILES string of the molecule is COc1cccc(CNC(=O)CNc2ccc(Cl)cc2F)c1. The van der Waals surface area contributed by atoms with Gasteiger partial charge in [0.05, 0.1) is 19.3 Å². The number of hydrogen-bond donors (Lipinski definition) is 2. The maximum absolute atomic E-state index is 13.5. The van der Waals surface area contributed by atoms with Crippen LogP contribution < -0.4 is 15.4 Å². The fourth-order valence-electron chi connectivity index (χ4n) is 1.85. The Balaban J connectivity index is 1.82. The van der Waals surface area contributed by atoms with Crippen LogP contribution >= 0.6 is 11.6 Å². The van der Waals surface area contributed by atoms with Gasteiger partial charge in [-0.15, -0.1) is 0 Å². The monoisotopic (exact) mass is 322 g/mol. The largest absolute Gasteiger partial charge is 0.497 e. The van der Waals surface area contributed by atoms with Crippen molar-refractivity contribution in [3.63, 3.8) is 0 Å². The van der Waals surface area contributed by atoms with Gasteiger partial charge in [0, 0.05) is 11.6 Å². The predicted octanol–water partition coefficient (Wildman–Crippen LogP) is 3.22. The van der Waals surface area contributed by atoms with E-state index in [1.54, 1.807) is 13.2 Å². The Morgan fingerprint density at radius 1 is 1.27 bits per heavy atom. The number of benzene rings is 2. The molecule has 0 saturated heterocycles. The van der Waals surface area contributed by atoms with Crippen molar-refractivity contribution in [2.75, 3.05) is 19.0 Å². The minimum absolute atomic E-state index is 0.0253. The van der Waals surface area contributed by atoms with Crippen molar-refractivity contribution in [2.24, 2.45) is 0 Å². The number of nitrogens with one attached hydrogen (secondary N) is 2. The van der Waals surface area contributed by atoms with E-state index in [9.17, 15) is 9.18 Å². The Morgan fingerprint density at radius 2 is 2.09 bits per heavy atom. The fraction of sp³-hybridized carbons (Fsp3) is 0.188. The lowest BCUT2D eigenvalue weighted by Gasteiger charge is -2.09. The van der Waals surface area contributed by atoms with Crippen LogP contribution in [0.15, 0.2) is 42.5 Å². The number of carbonyl (C=O) groups excluding carboxylic acids is 1. The number of rotatable bonds is 6. The van der Waals surface area contributed by atoms with Crippen molar-refractivity contribution in [1.82, 2.24) is 5.32 Å². The number of ether oxygens (including phenoxy) is 1. The van der Waals surface area contributed by atoms with E-state index in [1.165, 1.54) is 12.1 Å². The third-order valence-corrected chi connectivity index (χ3v) is 3.23. The van der Waals surface area contributed by atoms with Crippen LogP contribution in [0, 0.1) is 5.82 Å². The Morgan fingerprint density at radius 3 is 2.82 bits per heavy atom. The summed E-state index contributed by atoms with van der Waals surface area (Å²) >= 11 is 5.66. The molecule has 0 aliphatic carbocycles. The smallest absolute Gasteiger partial charge is 0.239 e. The zero-order valence-electron chi connectivity index (χ0n) is 12.0. The van der Waals surface area contributed by atoms with Gasteiger partial charge in [-0.05, 0) is 35.9 Å². The average molecular weight is 323 g/mol. The van der Waals surface area contributed by atoms with Crippen LogP contribution in [0.4, 0.5) is 10.1 Å². The van der Waals surface area contributed by atoms with E-state index in [2.05, 4.69) is 10.6 Å². The molecule has 116 valence electrons. The number of hydrogen-bond acceptors (Lipinski definition) is 3. The molecule has 0 radical (unpaired) electrons. The van der Waals surface area contributed by atoms with E-state index in [0.29, 0.717) is 11.6 Å². The van der Waals surface area contributed by atoms with Gasteiger partial charge in [-0.3, -0.25) is 4.79 Å². The Bertz CT molecular complexity index is 664. The van der Waals surface area contributed by atoms with Gasteiger partial charge in [-0.1, -0.05) is 23.7 Å². The first-order valence-corrected chi connectivity index (χ1v) is 7.05. The second kappa shape index (κ2) is 7.66. The summed E-state index contributed by atoms with van der Waals surface area (Å²) in [5.74, 6) is -0.00150. The molecule has 0 atom stereocenters. The van der Waals surface area contributed by atoms with Crippen molar-refractivity contribution in [1.29, 1.82) is 0 Å². The summed E-state index contributed by atoms with van der Waals surface area (Å²) in [5, 5.41) is 5.78. The number of halogens is 2. The highest BCUT2D eigenvalue weighted by molar-refractivity contribution is 6.30. The molecule has 0 heterocycles. The minimum Gasteiger partial charge on any atom is -0.497 e. The Hall–Kier alpha value is -2.27. The molecule has 22 heavy (non-hydrogen) atoms. The maximum atomic E-state index is 13.5. The maximum Gasteiger partial charge on any atom is 0.239 e. The molecule has 0 unspecified atom stereocenters. The minimum atomic E-state index is -0.493. The number of amides is 1. The first-order valence-electron chi connectivity index (χ1n) is 6.67. The van der Waals surface area contributed by atoms with Gasteiger partial charge in [-0.2, -0.15) is 0 Å². The van der Waals surface area contributed by atoms with Crippen LogP contribution in [0.3, 0.4) is 0 Å². The van der Waals surface area contributed by atoms with Gasteiger partial charge in [-0.25, -0.2) is 4.39 Å². The second-order valence-corrected chi connectivity index (χ2v) is 5.04. The van der Waals surface area contributed by atoms with Crippen molar-refractivity contribution >= 4 is 23.2 Å². The third-order valence-electron chi connectivity index (χ3n) is 2.99. The van der Waals surface area contributed by atoms with E-state index in [1.807, 2.05) is 24.3 Å². The molecular weight excluding hydrogens is 307 g/mol. The van der Waals surface area contributed by atoms with Gasteiger partial charge in [0.25, 0.3) is 0 Å². The fourth-order valence-corrected chi connectivity index (χ4v) is 2.01. The predicted molar refractivity (Wildman–Crippen MR) is 84.7 cm³/mol. The van der Waals surface area contributed by atoms with E-state index in [4.69, 9.17) is 16.3 Å². The standard InChI is InChI=1S/C16H16ClFN2O2/c1-22-13-4-2-3-11(7-13)9-20-16(21)10-19-15-6-5-12(17)8-14(15)18/h2-8,19H,9-10H2,1H3,(H,20,21). The first kappa shape index (κ1) is 16.1. The van der Waals surface area contributed by atoms with E-state index < -0.39 is 5.82 Å². The highest BCUT2D eigenvalue weighted by Crippen LogP contribution is 2.18. The molecular formula is C16H16ClFN2O2. The Labute approximate surface area is 133 Å². The van der Waals surface area contributed by atoms with E-state index in [-0.39, 0.29) is 18.1 Å². The van der Waals surface area contributed by atoms with Crippen LogP contribution in [0.1, 0.15) is 5.56 Å². The van der Waals surface area contributed by atoms with Crippen molar-refractivity contribution < 1.29 is 13.9 Å². The molecule has 2 N–H and O–H groups in total. The van der Waals surface area contributed by atoms with Gasteiger partial charge in [0.1, 0.15) is 11.6 Å². The summed E-state index contributed by atoms with van der Waals surface area (Å²) in [7, 11) is 1.59. The van der Waals surface area contributed by atoms with Gasteiger partial charge >= 0.3 is 0 Å². The zero-order valence-corrected chi connectivity index (χ0v) is 12.8. The third kappa shape index (κ3) is 4.63. The van der Waals surface area contributed by atoms with Crippen molar-refractivity contribution in [2.45, 2.75) is 6.54 Å². The summed E-state index contributed by atoms with van der Waals surface area (Å²) < 4.78 is 18.7. The summed E-state index contributed by atoms with van der Waals surface area (Å²) in [6.45, 7) is 0.351. The molecule has 0 saturated carbocycles. The molecule has 1 amide bonds. The van der Waals surface area contributed by atoms with Crippen LogP contribution in [0.2, 0.25) is 5.02 Å². The molecule has 0 fully saturated rings. The van der Waals surface area contributed by atoms with Crippen LogP contribution in [0.5, 0.6) is 5.75 Å². The zero-order chi connectivity index (χ0) is 15.9. The highest BCUT2D eigenvalue weighted by atomic mass is 35.5. The highest BCUT2D eigenvalue weighted by Gasteiger charge is 2.06. The van der Waals surface area contributed by atoms with Crippen LogP contribution in [-0.2, 0) is 11.3 Å². The Kier molecular flexibility index (Phi) is 5.61. The molecule has 2 aromatic carbocycles. The lowest BCUT2D eigenvalue weighted by molar-refractivity contribution is -0.119. The molecule has 0 aliphatic heterocycles. The van der Waals surface area contributed by atoms with E-state index >= 15 is 0 Å². The van der Waals surface area contributed by atoms with E-state index in [0.717, 1.165) is 11.3 Å². The topological polar surface area (TPSA) is 50.4 Å². The molecule has 4 nitrogen and oxygen atoms in total. The first-order chi connectivity index (χ1) is 10.6. The van der Waals surface area contributed by atoms with Gasteiger partial charge in [0.15, 0.2) is 0 Å². The number of methoxy groups -OCH3 is 1. The summed E-state index contributed by atoms with van der Waals surface area (Å²) in [6.07, 6.45) is 0. The molecule has 0 spiro atoms. The summed E-state index contributed by atoms with van der Waals surface area (Å²) in [6, 6.07) is 11.6. The molecule has 6 heteroatoms. The normalized spacial score (nSPS) is 10.1. The lowest BCUT2D eigenvalue weighted by Crippen LogP contribution is -2.29. The second-order valence-electron chi connectivity index (χ2n) is 4.61. The molecule has 2 aromatic rings. The average Bonchev–Trinajstić information content (AvgIpc) is 2.52. The van der Waals surface area contributed by atoms with Crippen LogP contribution in [-0.4, -0.2) is 19.6 Å². The van der Waals surface area contributed by atoms with Crippen LogP contribution in [0.25, 0.3) is 0 Å². The van der Waals surface area contributed by atoms with Gasteiger partial charge in [0.2, 0.25) is 5.91 Å².